The van der Waals surface area contributed by atoms with Crippen LogP contribution in [0.4, 0.5) is 22.0 Å². The summed E-state index contributed by atoms with van der Waals surface area (Å²) >= 11 is 12.2. The number of halogens is 7. The first-order chi connectivity index (χ1) is 19.4. The van der Waals surface area contributed by atoms with E-state index in [2.05, 4.69) is 15.2 Å². The zero-order valence-electron chi connectivity index (χ0n) is 21.3. The van der Waals surface area contributed by atoms with Crippen molar-refractivity contribution in [2.45, 2.75) is 44.5 Å². The largest absolute Gasteiger partial charge is 0.390 e. The predicted octanol–water partition coefficient (Wildman–Crippen LogP) is 6.12. The molecule has 15 heteroatoms. The van der Waals surface area contributed by atoms with Crippen molar-refractivity contribution in [3.63, 3.8) is 0 Å². The van der Waals surface area contributed by atoms with E-state index in [0.717, 1.165) is 13.9 Å². The highest BCUT2D eigenvalue weighted by molar-refractivity contribution is 6.32. The lowest BCUT2D eigenvalue weighted by molar-refractivity contribution is -0.136. The SMILES string of the molecule is O=c1n(Cc2nc(C(F)(F)C3CCOCC3)n(-c3ccccc3Cl)n2)nc(-c2ccc(Cl)cc2)n1CCC(F)(F)F. The fourth-order valence-corrected chi connectivity index (χ4v) is 4.94. The number of para-hydroxylation sites is 1. The maximum atomic E-state index is 15.9. The third kappa shape index (κ3) is 6.31. The van der Waals surface area contributed by atoms with Gasteiger partial charge in [0.05, 0.1) is 17.1 Å². The van der Waals surface area contributed by atoms with Crippen LogP contribution in [0.15, 0.2) is 53.3 Å². The van der Waals surface area contributed by atoms with Crippen LogP contribution in [0.5, 0.6) is 0 Å². The quantitative estimate of drug-likeness (QED) is 0.223. The summed E-state index contributed by atoms with van der Waals surface area (Å²) in [6, 6.07) is 12.3. The van der Waals surface area contributed by atoms with Gasteiger partial charge in [-0.15, -0.1) is 10.2 Å². The number of ether oxygens (including phenoxy) is 1. The summed E-state index contributed by atoms with van der Waals surface area (Å²) in [4.78, 5) is 17.4. The molecule has 1 aliphatic rings. The number of alkyl halides is 5. The molecule has 1 aliphatic heterocycles. The molecule has 8 nitrogen and oxygen atoms in total. The van der Waals surface area contributed by atoms with Crippen molar-refractivity contribution in [2.24, 2.45) is 5.92 Å². The summed E-state index contributed by atoms with van der Waals surface area (Å²) < 4.78 is 78.8. The van der Waals surface area contributed by atoms with Gasteiger partial charge in [0.15, 0.2) is 11.6 Å². The molecule has 1 fully saturated rings. The van der Waals surface area contributed by atoms with Gasteiger partial charge in [0, 0.05) is 36.3 Å². The first kappa shape index (κ1) is 29.2. The van der Waals surface area contributed by atoms with Gasteiger partial charge in [0.25, 0.3) is 0 Å². The lowest BCUT2D eigenvalue weighted by Gasteiger charge is -2.29. The molecule has 0 atom stereocenters. The van der Waals surface area contributed by atoms with Crippen molar-refractivity contribution in [1.82, 2.24) is 29.1 Å². The van der Waals surface area contributed by atoms with Gasteiger partial charge in [0.1, 0.15) is 6.54 Å². The number of benzene rings is 2. The van der Waals surface area contributed by atoms with Crippen molar-refractivity contribution in [2.75, 3.05) is 13.2 Å². The second-order valence-corrected chi connectivity index (χ2v) is 10.4. The second-order valence-electron chi connectivity index (χ2n) is 9.51. The van der Waals surface area contributed by atoms with Crippen molar-refractivity contribution in [1.29, 1.82) is 0 Å². The van der Waals surface area contributed by atoms with E-state index in [9.17, 15) is 18.0 Å². The Labute approximate surface area is 240 Å². The molecule has 3 heterocycles. The first-order valence-electron chi connectivity index (χ1n) is 12.6. The topological polar surface area (TPSA) is 79.8 Å². The van der Waals surface area contributed by atoms with Crippen LogP contribution < -0.4 is 5.69 Å². The molecule has 0 N–H and O–H groups in total. The highest BCUT2D eigenvalue weighted by atomic mass is 35.5. The molecule has 0 amide bonds. The number of nitrogens with zero attached hydrogens (tertiary/aromatic N) is 6. The zero-order chi connectivity index (χ0) is 29.4. The van der Waals surface area contributed by atoms with Crippen molar-refractivity contribution < 1.29 is 26.7 Å². The average Bonchev–Trinajstić information content (AvgIpc) is 3.50. The van der Waals surface area contributed by atoms with Gasteiger partial charge < -0.3 is 4.74 Å². The summed E-state index contributed by atoms with van der Waals surface area (Å²) in [6.07, 6.45) is -5.60. The number of aromatic nitrogens is 6. The number of rotatable bonds is 8. The van der Waals surface area contributed by atoms with Crippen LogP contribution in [-0.2, 0) is 23.7 Å². The van der Waals surface area contributed by atoms with E-state index < -0.39 is 49.0 Å². The minimum absolute atomic E-state index is 0.0470. The molecule has 41 heavy (non-hydrogen) atoms. The van der Waals surface area contributed by atoms with Crippen LogP contribution >= 0.6 is 23.2 Å². The van der Waals surface area contributed by atoms with Crippen LogP contribution in [0.25, 0.3) is 17.1 Å². The Balaban J connectivity index is 1.57. The highest BCUT2D eigenvalue weighted by Crippen LogP contribution is 2.41. The first-order valence-corrected chi connectivity index (χ1v) is 13.4. The van der Waals surface area contributed by atoms with Crippen LogP contribution in [0.1, 0.15) is 30.9 Å². The molecule has 2 aromatic carbocycles. The van der Waals surface area contributed by atoms with Gasteiger partial charge in [-0.1, -0.05) is 35.3 Å². The Morgan fingerprint density at radius 3 is 2.29 bits per heavy atom. The maximum Gasteiger partial charge on any atom is 0.390 e. The smallest absolute Gasteiger partial charge is 0.381 e. The Morgan fingerprint density at radius 1 is 0.951 bits per heavy atom. The number of hydrogen-bond donors (Lipinski definition) is 0. The Morgan fingerprint density at radius 2 is 1.63 bits per heavy atom. The van der Waals surface area contributed by atoms with Gasteiger partial charge >= 0.3 is 17.8 Å². The van der Waals surface area contributed by atoms with E-state index in [4.69, 9.17) is 27.9 Å². The van der Waals surface area contributed by atoms with Crippen molar-refractivity contribution in [3.8, 4) is 17.1 Å². The minimum Gasteiger partial charge on any atom is -0.381 e. The van der Waals surface area contributed by atoms with Crippen molar-refractivity contribution in [3.05, 3.63) is 80.7 Å². The summed E-state index contributed by atoms with van der Waals surface area (Å²) in [7, 11) is 0. The fourth-order valence-electron chi connectivity index (χ4n) is 4.60. The number of hydrogen-bond acceptors (Lipinski definition) is 5. The van der Waals surface area contributed by atoms with E-state index in [1.165, 1.54) is 36.4 Å². The van der Waals surface area contributed by atoms with Crippen molar-refractivity contribution >= 4 is 23.2 Å². The molecule has 0 aliphatic carbocycles. The lowest BCUT2D eigenvalue weighted by Crippen LogP contribution is -2.33. The molecule has 0 spiro atoms. The Bertz CT molecular complexity index is 1580. The zero-order valence-corrected chi connectivity index (χ0v) is 22.8. The molecule has 218 valence electrons. The summed E-state index contributed by atoms with van der Waals surface area (Å²) in [5.41, 5.74) is -0.390. The molecule has 2 aromatic heterocycles. The van der Waals surface area contributed by atoms with Crippen LogP contribution in [-0.4, -0.2) is 48.5 Å². The van der Waals surface area contributed by atoms with Gasteiger partial charge in [-0.2, -0.15) is 22.0 Å². The van der Waals surface area contributed by atoms with E-state index in [1.807, 2.05) is 0 Å². The van der Waals surface area contributed by atoms with Crippen LogP contribution in [0.2, 0.25) is 10.0 Å². The standard InChI is InChI=1S/C26H23Cl2F5N6O2/c27-18-7-5-16(6-8-18)22-36-38(24(40)37(22)12-11-25(29,30)31)15-21-34-23(26(32,33)17-9-13-41-14-10-17)39(35-21)20-4-2-1-3-19(20)28/h1-8,17H,9-15H2. The molecule has 4 aromatic rings. The van der Waals surface area contributed by atoms with E-state index in [0.29, 0.717) is 10.6 Å². The molecular formula is C26H23Cl2F5N6O2. The van der Waals surface area contributed by atoms with Crippen LogP contribution in [0, 0.1) is 5.92 Å². The molecule has 5 rings (SSSR count). The minimum atomic E-state index is -4.53. The summed E-state index contributed by atoms with van der Waals surface area (Å²) in [5, 5.41) is 9.00. The molecule has 0 saturated carbocycles. The van der Waals surface area contributed by atoms with Gasteiger partial charge in [-0.25, -0.2) is 19.1 Å². The summed E-state index contributed by atoms with van der Waals surface area (Å²) in [6.45, 7) is -0.835. The third-order valence-corrected chi connectivity index (χ3v) is 7.27. The van der Waals surface area contributed by atoms with E-state index >= 15 is 8.78 Å². The molecule has 0 bridgehead atoms. The van der Waals surface area contributed by atoms with E-state index in [1.54, 1.807) is 12.1 Å². The average molecular weight is 617 g/mol. The predicted molar refractivity (Wildman–Crippen MR) is 141 cm³/mol. The maximum absolute atomic E-state index is 15.9. The van der Waals surface area contributed by atoms with Gasteiger partial charge in [0.2, 0.25) is 5.82 Å². The van der Waals surface area contributed by atoms with E-state index in [-0.39, 0.29) is 48.4 Å². The molecule has 0 unspecified atom stereocenters. The Hall–Kier alpha value is -3.29. The van der Waals surface area contributed by atoms with Crippen LogP contribution in [0.3, 0.4) is 0 Å². The monoisotopic (exact) mass is 616 g/mol. The molecule has 0 radical (unpaired) electrons. The van der Waals surface area contributed by atoms with Gasteiger partial charge in [-0.3, -0.25) is 4.57 Å². The highest BCUT2D eigenvalue weighted by Gasteiger charge is 2.47. The summed E-state index contributed by atoms with van der Waals surface area (Å²) in [5.74, 6) is -5.42. The fraction of sp³-hybridized carbons (Fsp3) is 0.385. The van der Waals surface area contributed by atoms with Gasteiger partial charge in [-0.05, 0) is 49.2 Å². The third-order valence-electron chi connectivity index (χ3n) is 6.70. The lowest BCUT2D eigenvalue weighted by atomic mass is 9.92. The Kier molecular flexibility index (Phi) is 8.22. The normalized spacial score (nSPS) is 15.0. The molecule has 1 saturated heterocycles. The molecular weight excluding hydrogens is 594 g/mol. The second kappa shape index (κ2) is 11.5.